The van der Waals surface area contributed by atoms with Crippen molar-refractivity contribution in [3.8, 4) is 0 Å². The third-order valence-electron chi connectivity index (χ3n) is 1.78. The Hall–Kier alpha value is -0.850. The number of rotatable bonds is 1. The van der Waals surface area contributed by atoms with Crippen LogP contribution >= 0.6 is 0 Å². The molecule has 1 rings (SSSR count). The highest BCUT2D eigenvalue weighted by molar-refractivity contribution is 5.25. The summed E-state index contributed by atoms with van der Waals surface area (Å²) >= 11 is 0. The molecule has 0 unspecified atom stereocenters. The molecule has 0 N–H and O–H groups in total. The van der Waals surface area contributed by atoms with Gasteiger partial charge in [-0.2, -0.15) is 0 Å². The van der Waals surface area contributed by atoms with Crippen molar-refractivity contribution in [2.75, 3.05) is 0 Å². The second-order valence-corrected chi connectivity index (χ2v) is 3.18. The minimum Gasteiger partial charge on any atom is -0.207 e. The summed E-state index contributed by atoms with van der Waals surface area (Å²) in [6, 6.07) is 5.38. The maximum Gasteiger partial charge on any atom is 0.126 e. The molecule has 0 nitrogen and oxygen atoms in total. The Labute approximate surface area is 80.8 Å². The highest BCUT2D eigenvalue weighted by Gasteiger charge is 2.04. The van der Waals surface area contributed by atoms with Crippen molar-refractivity contribution < 1.29 is 4.39 Å². The van der Waals surface area contributed by atoms with Crippen molar-refractivity contribution in [1.82, 2.24) is 0 Å². The van der Waals surface area contributed by atoms with Gasteiger partial charge in [0.2, 0.25) is 0 Å². The van der Waals surface area contributed by atoms with E-state index in [1.807, 2.05) is 46.8 Å². The lowest BCUT2D eigenvalue weighted by Crippen LogP contribution is -1.92. The lowest BCUT2D eigenvalue weighted by Gasteiger charge is -2.06. The molecule has 0 aliphatic carbocycles. The second-order valence-electron chi connectivity index (χ2n) is 3.18. The zero-order valence-electron chi connectivity index (χ0n) is 9.19. The summed E-state index contributed by atoms with van der Waals surface area (Å²) in [5, 5.41) is 0. The fourth-order valence-corrected chi connectivity index (χ4v) is 1.10. The van der Waals surface area contributed by atoms with Crippen molar-refractivity contribution in [1.29, 1.82) is 0 Å². The van der Waals surface area contributed by atoms with E-state index in [9.17, 15) is 4.39 Å². The van der Waals surface area contributed by atoms with Gasteiger partial charge in [-0.1, -0.05) is 39.8 Å². The Morgan fingerprint density at radius 3 is 2.08 bits per heavy atom. The van der Waals surface area contributed by atoms with Gasteiger partial charge in [-0.3, -0.25) is 0 Å². The first-order valence-electron chi connectivity index (χ1n) is 4.87. The molecule has 0 saturated heterocycles. The molecule has 0 spiro atoms. The molecule has 0 aliphatic rings. The summed E-state index contributed by atoms with van der Waals surface area (Å²) < 4.78 is 13.1. The molecule has 0 atom stereocenters. The van der Waals surface area contributed by atoms with Crippen LogP contribution in [-0.4, -0.2) is 0 Å². The van der Waals surface area contributed by atoms with Crippen molar-refractivity contribution in [2.24, 2.45) is 0 Å². The number of halogens is 1. The molecule has 0 bridgehead atoms. The topological polar surface area (TPSA) is 0 Å². The predicted octanol–water partition coefficient (Wildman–Crippen LogP) is 4.28. The summed E-state index contributed by atoms with van der Waals surface area (Å²) in [6.45, 7) is 9.88. The largest absolute Gasteiger partial charge is 0.207 e. The number of aryl methyl sites for hydroxylation is 1. The van der Waals surface area contributed by atoms with Crippen LogP contribution in [0.3, 0.4) is 0 Å². The average Bonchev–Trinajstić information content (AvgIpc) is 2.07. The quantitative estimate of drug-likeness (QED) is 0.608. The SMILES string of the molecule is CC.Cc1ccc(C(C)C)c(F)c1. The maximum absolute atomic E-state index is 13.1. The zero-order chi connectivity index (χ0) is 10.4. The Morgan fingerprint density at radius 2 is 1.69 bits per heavy atom. The lowest BCUT2D eigenvalue weighted by atomic mass is 10.0. The van der Waals surface area contributed by atoms with Gasteiger partial charge in [0.25, 0.3) is 0 Å². The van der Waals surface area contributed by atoms with E-state index in [1.165, 1.54) is 0 Å². The smallest absolute Gasteiger partial charge is 0.126 e. The van der Waals surface area contributed by atoms with Crippen molar-refractivity contribution >= 4 is 0 Å². The van der Waals surface area contributed by atoms with Crippen LogP contribution in [0.4, 0.5) is 4.39 Å². The van der Waals surface area contributed by atoms with Gasteiger partial charge >= 0.3 is 0 Å². The summed E-state index contributed by atoms with van der Waals surface area (Å²) in [4.78, 5) is 0. The van der Waals surface area contributed by atoms with Gasteiger partial charge in [0, 0.05) is 0 Å². The van der Waals surface area contributed by atoms with Crippen LogP contribution in [0, 0.1) is 12.7 Å². The first-order chi connectivity index (χ1) is 6.11. The summed E-state index contributed by atoms with van der Waals surface area (Å²) in [5.41, 5.74) is 1.78. The molecule has 0 saturated carbocycles. The van der Waals surface area contributed by atoms with Crippen LogP contribution in [0.15, 0.2) is 18.2 Å². The van der Waals surface area contributed by atoms with Gasteiger partial charge in [0.1, 0.15) is 5.82 Å². The standard InChI is InChI=1S/C10H13F.C2H6/c1-7(2)9-5-4-8(3)6-10(9)11;1-2/h4-7H,1-3H3;1-2H3. The number of hydrogen-bond donors (Lipinski definition) is 0. The molecule has 1 heteroatoms. The summed E-state index contributed by atoms with van der Waals surface area (Å²) in [5.74, 6) is 0.190. The lowest BCUT2D eigenvalue weighted by molar-refractivity contribution is 0.597. The molecule has 0 amide bonds. The van der Waals surface area contributed by atoms with Gasteiger partial charge in [0.05, 0.1) is 0 Å². The molecule has 0 aromatic heterocycles. The van der Waals surface area contributed by atoms with Crippen LogP contribution in [0.1, 0.15) is 44.7 Å². The Morgan fingerprint density at radius 1 is 1.15 bits per heavy atom. The average molecular weight is 182 g/mol. The van der Waals surface area contributed by atoms with E-state index in [0.717, 1.165) is 11.1 Å². The molecule has 0 fully saturated rings. The molecular weight excluding hydrogens is 163 g/mol. The molecule has 0 radical (unpaired) electrons. The van der Waals surface area contributed by atoms with Crippen LogP contribution in [0.25, 0.3) is 0 Å². The molecular formula is C12H19F. The monoisotopic (exact) mass is 182 g/mol. The van der Waals surface area contributed by atoms with Crippen LogP contribution in [-0.2, 0) is 0 Å². The fourth-order valence-electron chi connectivity index (χ4n) is 1.10. The molecule has 74 valence electrons. The van der Waals surface area contributed by atoms with Gasteiger partial charge < -0.3 is 0 Å². The van der Waals surface area contributed by atoms with Gasteiger partial charge in [-0.05, 0) is 30.0 Å². The molecule has 0 aliphatic heterocycles. The van der Waals surface area contributed by atoms with Crippen LogP contribution in [0.5, 0.6) is 0 Å². The zero-order valence-corrected chi connectivity index (χ0v) is 9.19. The van der Waals surface area contributed by atoms with E-state index in [0.29, 0.717) is 0 Å². The highest BCUT2D eigenvalue weighted by Crippen LogP contribution is 2.18. The number of hydrogen-bond acceptors (Lipinski definition) is 0. The molecule has 13 heavy (non-hydrogen) atoms. The third kappa shape index (κ3) is 3.58. The third-order valence-corrected chi connectivity index (χ3v) is 1.78. The van der Waals surface area contributed by atoms with E-state index in [1.54, 1.807) is 6.07 Å². The minimum atomic E-state index is -0.0833. The Bertz CT molecular complexity index is 251. The Balaban J connectivity index is 0.000000671. The second kappa shape index (κ2) is 5.74. The van der Waals surface area contributed by atoms with Crippen LogP contribution < -0.4 is 0 Å². The normalized spacial score (nSPS) is 9.46. The van der Waals surface area contributed by atoms with Crippen molar-refractivity contribution in [3.05, 3.63) is 35.1 Å². The van der Waals surface area contributed by atoms with Gasteiger partial charge in [0.15, 0.2) is 0 Å². The molecule has 1 aromatic rings. The van der Waals surface area contributed by atoms with Crippen molar-refractivity contribution in [3.63, 3.8) is 0 Å². The van der Waals surface area contributed by atoms with E-state index < -0.39 is 0 Å². The van der Waals surface area contributed by atoms with E-state index in [4.69, 9.17) is 0 Å². The first kappa shape index (κ1) is 12.2. The van der Waals surface area contributed by atoms with Crippen LogP contribution in [0.2, 0.25) is 0 Å². The summed E-state index contributed by atoms with van der Waals surface area (Å²) in [6.07, 6.45) is 0. The van der Waals surface area contributed by atoms with E-state index in [2.05, 4.69) is 0 Å². The summed E-state index contributed by atoms with van der Waals surface area (Å²) in [7, 11) is 0. The van der Waals surface area contributed by atoms with Gasteiger partial charge in [-0.25, -0.2) is 4.39 Å². The van der Waals surface area contributed by atoms with E-state index in [-0.39, 0.29) is 11.7 Å². The maximum atomic E-state index is 13.1. The minimum absolute atomic E-state index is 0.0833. The highest BCUT2D eigenvalue weighted by atomic mass is 19.1. The van der Waals surface area contributed by atoms with E-state index >= 15 is 0 Å². The van der Waals surface area contributed by atoms with Gasteiger partial charge in [-0.15, -0.1) is 0 Å². The fraction of sp³-hybridized carbons (Fsp3) is 0.500. The van der Waals surface area contributed by atoms with Crippen molar-refractivity contribution in [2.45, 2.75) is 40.5 Å². The first-order valence-corrected chi connectivity index (χ1v) is 4.87. The Kier molecular flexibility index (Phi) is 5.36. The predicted molar refractivity (Wildman–Crippen MR) is 56.6 cm³/mol. The molecule has 0 heterocycles. The molecule has 1 aromatic carbocycles. The number of benzene rings is 1.